The van der Waals surface area contributed by atoms with Crippen molar-refractivity contribution in [2.75, 3.05) is 32.7 Å². The number of rotatable bonds is 8. The Morgan fingerprint density at radius 1 is 1.00 bits per heavy atom. The van der Waals surface area contributed by atoms with Crippen molar-refractivity contribution < 1.29 is 13.2 Å². The van der Waals surface area contributed by atoms with Crippen molar-refractivity contribution in [3.05, 3.63) is 86.7 Å². The normalized spacial score (nSPS) is 16.7. The predicted molar refractivity (Wildman–Crippen MR) is 135 cm³/mol. The number of thiophene rings is 1. The fraction of sp³-hybridized carbons (Fsp3) is 0.333. The summed E-state index contributed by atoms with van der Waals surface area (Å²) in [5.74, 6) is 0. The molecule has 1 saturated heterocycles. The molecule has 5 nitrogen and oxygen atoms in total. The summed E-state index contributed by atoms with van der Waals surface area (Å²) in [4.78, 5) is 2.25. The number of halogens is 2. The molecular formula is C24H26Cl2N2O3S2. The van der Waals surface area contributed by atoms with Gasteiger partial charge < -0.3 is 4.74 Å². The van der Waals surface area contributed by atoms with Gasteiger partial charge in [0.1, 0.15) is 4.21 Å². The molecule has 9 heteroatoms. The van der Waals surface area contributed by atoms with Crippen LogP contribution in [0.4, 0.5) is 0 Å². The topological polar surface area (TPSA) is 49.9 Å². The number of aryl methyl sites for hydroxylation is 1. The molecule has 1 aromatic heterocycles. The zero-order valence-electron chi connectivity index (χ0n) is 18.3. The van der Waals surface area contributed by atoms with Crippen LogP contribution in [0, 0.1) is 6.92 Å². The summed E-state index contributed by atoms with van der Waals surface area (Å²) < 4.78 is 34.4. The van der Waals surface area contributed by atoms with Gasteiger partial charge in [-0.2, -0.15) is 4.31 Å². The quantitative estimate of drug-likeness (QED) is 0.383. The Labute approximate surface area is 209 Å². The number of ether oxygens (including phenoxy) is 1. The number of nitrogens with zero attached hydrogens (tertiary/aromatic N) is 2. The van der Waals surface area contributed by atoms with Gasteiger partial charge in [-0.05, 0) is 42.3 Å². The van der Waals surface area contributed by atoms with E-state index in [9.17, 15) is 8.42 Å². The van der Waals surface area contributed by atoms with Crippen molar-refractivity contribution in [1.82, 2.24) is 9.21 Å². The third-order valence-electron chi connectivity index (χ3n) is 5.67. The molecule has 33 heavy (non-hydrogen) atoms. The maximum absolute atomic E-state index is 12.9. The molecule has 0 radical (unpaired) electrons. The Morgan fingerprint density at radius 2 is 1.73 bits per heavy atom. The fourth-order valence-corrected chi connectivity index (χ4v) is 7.07. The summed E-state index contributed by atoms with van der Waals surface area (Å²) in [6, 6.07) is 19.2. The van der Waals surface area contributed by atoms with Crippen molar-refractivity contribution in [2.45, 2.75) is 23.8 Å². The van der Waals surface area contributed by atoms with Crippen molar-refractivity contribution in [1.29, 1.82) is 0 Å². The van der Waals surface area contributed by atoms with E-state index in [0.717, 1.165) is 22.5 Å². The molecule has 0 spiro atoms. The van der Waals surface area contributed by atoms with E-state index in [4.69, 9.17) is 27.9 Å². The zero-order chi connectivity index (χ0) is 23.4. The summed E-state index contributed by atoms with van der Waals surface area (Å²) >= 11 is 13.1. The van der Waals surface area contributed by atoms with Gasteiger partial charge in [-0.25, -0.2) is 8.42 Å². The van der Waals surface area contributed by atoms with Gasteiger partial charge in [0.25, 0.3) is 10.0 Å². The van der Waals surface area contributed by atoms with E-state index in [1.807, 2.05) is 30.3 Å². The summed E-state index contributed by atoms with van der Waals surface area (Å²) in [6.07, 6.45) is -0.151. The van der Waals surface area contributed by atoms with E-state index in [-0.39, 0.29) is 6.10 Å². The lowest BCUT2D eigenvalue weighted by atomic mass is 10.1. The Morgan fingerprint density at radius 3 is 2.36 bits per heavy atom. The molecule has 1 unspecified atom stereocenters. The van der Waals surface area contributed by atoms with Crippen LogP contribution >= 0.6 is 34.5 Å². The summed E-state index contributed by atoms with van der Waals surface area (Å²) in [5, 5.41) is 0.684. The smallest absolute Gasteiger partial charge is 0.252 e. The highest BCUT2D eigenvalue weighted by Gasteiger charge is 2.30. The third-order valence-corrected chi connectivity index (χ3v) is 9.52. The first-order valence-corrected chi connectivity index (χ1v) is 13.7. The standard InChI is InChI=1S/C24H26Cl2N2O3S2/c1-18-3-2-4-19(15-18)17-31-22(20-5-7-21(25)8-6-20)16-27-11-13-28(14-12-27)33(29,30)24-10-9-23(26)32-24/h2-10,15,22H,11-14,16-17H2,1H3. The van der Waals surface area contributed by atoms with E-state index >= 15 is 0 Å². The summed E-state index contributed by atoms with van der Waals surface area (Å²) in [5.41, 5.74) is 3.37. The lowest BCUT2D eigenvalue weighted by molar-refractivity contribution is 0.00772. The van der Waals surface area contributed by atoms with Crippen molar-refractivity contribution in [2.24, 2.45) is 0 Å². The minimum absolute atomic E-state index is 0.151. The highest BCUT2D eigenvalue weighted by molar-refractivity contribution is 7.91. The van der Waals surface area contributed by atoms with Gasteiger partial charge in [-0.15, -0.1) is 11.3 Å². The van der Waals surface area contributed by atoms with E-state index in [0.29, 0.717) is 52.9 Å². The molecule has 1 aliphatic rings. The van der Waals surface area contributed by atoms with E-state index in [1.165, 1.54) is 9.87 Å². The highest BCUT2D eigenvalue weighted by atomic mass is 35.5. The lowest BCUT2D eigenvalue weighted by Crippen LogP contribution is -2.49. The Bertz CT molecular complexity index is 1170. The second kappa shape index (κ2) is 10.9. The van der Waals surface area contributed by atoms with Crippen LogP contribution in [0.15, 0.2) is 64.9 Å². The largest absolute Gasteiger partial charge is 0.368 e. The van der Waals surface area contributed by atoms with Crippen LogP contribution in [0.25, 0.3) is 0 Å². The lowest BCUT2D eigenvalue weighted by Gasteiger charge is -2.35. The zero-order valence-corrected chi connectivity index (χ0v) is 21.4. The number of sulfonamides is 1. The fourth-order valence-electron chi connectivity index (χ4n) is 3.88. The second-order valence-corrected chi connectivity index (χ2v) is 12.4. The molecule has 2 aromatic carbocycles. The number of piperazine rings is 1. The van der Waals surface area contributed by atoms with Crippen molar-refractivity contribution in [3.63, 3.8) is 0 Å². The molecule has 4 rings (SSSR count). The third kappa shape index (κ3) is 6.36. The Balaban J connectivity index is 1.41. The van der Waals surface area contributed by atoms with Gasteiger partial charge in [0.05, 0.1) is 17.0 Å². The highest BCUT2D eigenvalue weighted by Crippen LogP contribution is 2.29. The average molecular weight is 526 g/mol. The van der Waals surface area contributed by atoms with E-state index in [2.05, 4.69) is 30.0 Å². The molecule has 3 aromatic rings. The molecule has 0 bridgehead atoms. The van der Waals surface area contributed by atoms with Gasteiger partial charge in [-0.1, -0.05) is 65.2 Å². The molecule has 0 N–H and O–H groups in total. The monoisotopic (exact) mass is 524 g/mol. The molecular weight excluding hydrogens is 499 g/mol. The molecule has 176 valence electrons. The SMILES string of the molecule is Cc1cccc(COC(CN2CCN(S(=O)(=O)c3ccc(Cl)s3)CC2)c2ccc(Cl)cc2)c1. The molecule has 1 atom stereocenters. The molecule has 0 amide bonds. The van der Waals surface area contributed by atoms with Crippen molar-refractivity contribution in [3.8, 4) is 0 Å². The van der Waals surface area contributed by atoms with E-state index < -0.39 is 10.0 Å². The van der Waals surface area contributed by atoms with Crippen LogP contribution in [0.5, 0.6) is 0 Å². The van der Waals surface area contributed by atoms with Crippen LogP contribution in [0.1, 0.15) is 22.8 Å². The first-order valence-electron chi connectivity index (χ1n) is 10.7. The second-order valence-electron chi connectivity index (χ2n) is 8.10. The van der Waals surface area contributed by atoms with Crippen molar-refractivity contribution >= 4 is 44.6 Å². The van der Waals surface area contributed by atoms with E-state index in [1.54, 1.807) is 12.1 Å². The minimum atomic E-state index is -3.51. The maximum Gasteiger partial charge on any atom is 0.252 e. The molecule has 1 aliphatic heterocycles. The summed E-state index contributed by atoms with van der Waals surface area (Å²) in [7, 11) is -3.51. The Hall–Kier alpha value is -1.45. The van der Waals surface area contributed by atoms with Crippen LogP contribution in [-0.4, -0.2) is 50.3 Å². The molecule has 1 fully saturated rings. The first-order chi connectivity index (χ1) is 15.8. The van der Waals surface area contributed by atoms with Crippen LogP contribution in [-0.2, 0) is 21.4 Å². The van der Waals surface area contributed by atoms with Crippen LogP contribution in [0.2, 0.25) is 9.36 Å². The first kappa shape index (κ1) is 24.7. The maximum atomic E-state index is 12.9. The van der Waals surface area contributed by atoms with Gasteiger partial charge in [0.2, 0.25) is 0 Å². The Kier molecular flexibility index (Phi) is 8.12. The van der Waals surface area contributed by atoms with Gasteiger partial charge >= 0.3 is 0 Å². The summed E-state index contributed by atoms with van der Waals surface area (Å²) in [6.45, 7) is 5.38. The number of hydrogen-bond donors (Lipinski definition) is 0. The average Bonchev–Trinajstić information content (AvgIpc) is 3.25. The molecule has 0 saturated carbocycles. The van der Waals surface area contributed by atoms with Gasteiger partial charge in [0.15, 0.2) is 0 Å². The molecule has 0 aliphatic carbocycles. The van der Waals surface area contributed by atoms with Crippen LogP contribution in [0.3, 0.4) is 0 Å². The predicted octanol–water partition coefficient (Wildman–Crippen LogP) is 5.63. The van der Waals surface area contributed by atoms with Gasteiger partial charge in [-0.3, -0.25) is 4.90 Å². The number of hydrogen-bond acceptors (Lipinski definition) is 5. The van der Waals surface area contributed by atoms with Gasteiger partial charge in [0, 0.05) is 37.7 Å². The molecule has 2 heterocycles. The van der Waals surface area contributed by atoms with Crippen LogP contribution < -0.4 is 0 Å². The number of benzene rings is 2. The minimum Gasteiger partial charge on any atom is -0.368 e.